The van der Waals surface area contributed by atoms with Crippen molar-refractivity contribution in [3.8, 4) is 0 Å². The number of aliphatic hydroxyl groups excluding tert-OH is 1. The average molecular weight is 228 g/mol. The van der Waals surface area contributed by atoms with E-state index in [2.05, 4.69) is 11.9 Å². The van der Waals surface area contributed by atoms with Gasteiger partial charge in [0.25, 0.3) is 0 Å². The van der Waals surface area contributed by atoms with Gasteiger partial charge in [-0.15, -0.1) is 0 Å². The fourth-order valence-electron chi connectivity index (χ4n) is 2.52. The fraction of sp³-hybridized carbons (Fsp3) is 1.00. The summed E-state index contributed by atoms with van der Waals surface area (Å²) in [5.41, 5.74) is 5.52. The van der Waals surface area contributed by atoms with E-state index in [4.69, 9.17) is 10.8 Å². The summed E-state index contributed by atoms with van der Waals surface area (Å²) >= 11 is 0. The summed E-state index contributed by atoms with van der Waals surface area (Å²) in [5, 5.41) is 9.07. The molecule has 0 heterocycles. The number of aliphatic hydroxyl groups is 1. The molecular formula is C13H28N2O. The number of rotatable bonds is 6. The smallest absolute Gasteiger partial charge is 0.0608 e. The highest BCUT2D eigenvalue weighted by atomic mass is 16.3. The second-order valence-electron chi connectivity index (χ2n) is 5.69. The summed E-state index contributed by atoms with van der Waals surface area (Å²) in [5.74, 6) is 0. The Morgan fingerprint density at radius 3 is 2.50 bits per heavy atom. The molecular weight excluding hydrogens is 200 g/mol. The maximum atomic E-state index is 9.07. The molecule has 0 aliphatic heterocycles. The average Bonchev–Trinajstić information content (AvgIpc) is 2.30. The highest BCUT2D eigenvalue weighted by Crippen LogP contribution is 2.22. The third kappa shape index (κ3) is 4.81. The summed E-state index contributed by atoms with van der Waals surface area (Å²) in [6.07, 6.45) is 8.89. The van der Waals surface area contributed by atoms with Crippen molar-refractivity contribution in [2.75, 3.05) is 20.2 Å². The molecule has 16 heavy (non-hydrogen) atoms. The summed E-state index contributed by atoms with van der Waals surface area (Å²) in [6.45, 7) is 3.12. The molecule has 0 amide bonds. The van der Waals surface area contributed by atoms with Crippen LogP contribution in [0.2, 0.25) is 0 Å². The van der Waals surface area contributed by atoms with Gasteiger partial charge in [-0.25, -0.2) is 0 Å². The molecule has 0 aromatic carbocycles. The van der Waals surface area contributed by atoms with Crippen LogP contribution in [0.25, 0.3) is 0 Å². The monoisotopic (exact) mass is 228 g/mol. The quantitative estimate of drug-likeness (QED) is 0.728. The number of hydrogen-bond donors (Lipinski definition) is 2. The summed E-state index contributed by atoms with van der Waals surface area (Å²) in [4.78, 5) is 2.48. The van der Waals surface area contributed by atoms with Gasteiger partial charge in [0.1, 0.15) is 0 Å². The molecule has 1 aliphatic carbocycles. The van der Waals surface area contributed by atoms with Crippen LogP contribution in [0.5, 0.6) is 0 Å². The summed E-state index contributed by atoms with van der Waals surface area (Å²) < 4.78 is 0. The molecule has 0 radical (unpaired) electrons. The first kappa shape index (κ1) is 13.9. The molecule has 0 spiro atoms. The van der Waals surface area contributed by atoms with Crippen molar-refractivity contribution in [1.29, 1.82) is 0 Å². The van der Waals surface area contributed by atoms with Crippen molar-refractivity contribution in [1.82, 2.24) is 4.90 Å². The lowest BCUT2D eigenvalue weighted by atomic mass is 9.93. The number of hydrogen-bond acceptors (Lipinski definition) is 3. The van der Waals surface area contributed by atoms with Crippen molar-refractivity contribution in [2.45, 2.75) is 63.5 Å². The van der Waals surface area contributed by atoms with E-state index in [1.54, 1.807) is 0 Å². The van der Waals surface area contributed by atoms with Gasteiger partial charge in [0, 0.05) is 11.6 Å². The molecule has 1 rings (SSSR count). The van der Waals surface area contributed by atoms with Crippen LogP contribution in [0.15, 0.2) is 0 Å². The predicted octanol–water partition coefficient (Wildman–Crippen LogP) is 1.74. The van der Waals surface area contributed by atoms with E-state index in [0.717, 1.165) is 25.4 Å². The van der Waals surface area contributed by atoms with Gasteiger partial charge in [-0.05, 0) is 46.2 Å². The van der Waals surface area contributed by atoms with E-state index in [9.17, 15) is 0 Å². The Labute approximate surface area is 100 Å². The van der Waals surface area contributed by atoms with E-state index in [-0.39, 0.29) is 6.61 Å². The fourth-order valence-corrected chi connectivity index (χ4v) is 2.52. The molecule has 3 nitrogen and oxygen atoms in total. The lowest BCUT2D eigenvalue weighted by molar-refractivity contribution is 0.167. The van der Waals surface area contributed by atoms with Crippen LogP contribution < -0.4 is 5.73 Å². The molecule has 0 aromatic heterocycles. The van der Waals surface area contributed by atoms with Crippen LogP contribution in [0.1, 0.15) is 51.9 Å². The molecule has 0 saturated heterocycles. The summed E-state index contributed by atoms with van der Waals surface area (Å²) in [6, 6.07) is 0.784. The lowest BCUT2D eigenvalue weighted by Gasteiger charge is -2.32. The molecule has 0 aromatic rings. The predicted molar refractivity (Wildman–Crippen MR) is 68.4 cm³/mol. The van der Waals surface area contributed by atoms with Gasteiger partial charge in [-0.3, -0.25) is 0 Å². The maximum absolute atomic E-state index is 9.07. The zero-order valence-electron chi connectivity index (χ0n) is 10.9. The standard InChI is InChI=1S/C13H28N2O/c1-13(14,11-16)9-6-10-15(2)12-7-4-3-5-8-12/h12,16H,3-11,14H2,1-2H3. The van der Waals surface area contributed by atoms with E-state index < -0.39 is 5.54 Å². The Morgan fingerprint density at radius 1 is 1.31 bits per heavy atom. The third-order valence-electron chi connectivity index (χ3n) is 3.82. The largest absolute Gasteiger partial charge is 0.394 e. The lowest BCUT2D eigenvalue weighted by Crippen LogP contribution is -2.41. The molecule has 1 atom stereocenters. The van der Waals surface area contributed by atoms with Crippen molar-refractivity contribution in [2.24, 2.45) is 5.73 Å². The van der Waals surface area contributed by atoms with Gasteiger partial charge in [0.05, 0.1) is 6.61 Å². The first-order chi connectivity index (χ1) is 7.55. The van der Waals surface area contributed by atoms with Gasteiger partial charge in [0.15, 0.2) is 0 Å². The molecule has 96 valence electrons. The third-order valence-corrected chi connectivity index (χ3v) is 3.82. The molecule has 1 unspecified atom stereocenters. The minimum Gasteiger partial charge on any atom is -0.394 e. The highest BCUT2D eigenvalue weighted by Gasteiger charge is 2.20. The van der Waals surface area contributed by atoms with Crippen molar-refractivity contribution >= 4 is 0 Å². The second kappa shape index (κ2) is 6.58. The zero-order valence-corrected chi connectivity index (χ0v) is 10.9. The van der Waals surface area contributed by atoms with Crippen LogP contribution in [-0.4, -0.2) is 41.8 Å². The molecule has 0 bridgehead atoms. The van der Waals surface area contributed by atoms with Gasteiger partial charge in [-0.1, -0.05) is 19.3 Å². The van der Waals surface area contributed by atoms with E-state index in [1.807, 2.05) is 6.92 Å². The van der Waals surface area contributed by atoms with Crippen LogP contribution in [0.4, 0.5) is 0 Å². The van der Waals surface area contributed by atoms with Crippen molar-refractivity contribution in [3.05, 3.63) is 0 Å². The maximum Gasteiger partial charge on any atom is 0.0608 e. The Hall–Kier alpha value is -0.120. The van der Waals surface area contributed by atoms with E-state index >= 15 is 0 Å². The first-order valence-corrected chi connectivity index (χ1v) is 6.65. The number of nitrogens with zero attached hydrogens (tertiary/aromatic N) is 1. The zero-order chi connectivity index (χ0) is 12.0. The van der Waals surface area contributed by atoms with Crippen LogP contribution in [0.3, 0.4) is 0 Å². The normalized spacial score (nSPS) is 22.3. The topological polar surface area (TPSA) is 49.5 Å². The van der Waals surface area contributed by atoms with Gasteiger partial charge >= 0.3 is 0 Å². The van der Waals surface area contributed by atoms with Crippen LogP contribution >= 0.6 is 0 Å². The SMILES string of the molecule is CN(CCCC(C)(N)CO)C1CCCCC1. The van der Waals surface area contributed by atoms with Gasteiger partial charge in [-0.2, -0.15) is 0 Å². The van der Waals surface area contributed by atoms with E-state index in [0.29, 0.717) is 0 Å². The Morgan fingerprint density at radius 2 is 1.94 bits per heavy atom. The molecule has 3 N–H and O–H groups in total. The number of nitrogens with two attached hydrogens (primary N) is 1. The molecule has 1 fully saturated rings. The molecule has 1 saturated carbocycles. The van der Waals surface area contributed by atoms with Crippen molar-refractivity contribution < 1.29 is 5.11 Å². The Bertz CT molecular complexity index is 188. The first-order valence-electron chi connectivity index (χ1n) is 6.65. The minimum absolute atomic E-state index is 0.0835. The van der Waals surface area contributed by atoms with Gasteiger partial charge in [0.2, 0.25) is 0 Å². The second-order valence-corrected chi connectivity index (χ2v) is 5.69. The Kier molecular flexibility index (Phi) is 5.73. The minimum atomic E-state index is -0.395. The van der Waals surface area contributed by atoms with Crippen molar-refractivity contribution in [3.63, 3.8) is 0 Å². The Balaban J connectivity index is 2.16. The summed E-state index contributed by atoms with van der Waals surface area (Å²) in [7, 11) is 2.22. The van der Waals surface area contributed by atoms with Crippen LogP contribution in [-0.2, 0) is 0 Å². The van der Waals surface area contributed by atoms with E-state index in [1.165, 1.54) is 32.1 Å². The molecule has 3 heteroatoms. The van der Waals surface area contributed by atoms with Gasteiger partial charge < -0.3 is 15.7 Å². The molecule has 1 aliphatic rings. The highest BCUT2D eigenvalue weighted by molar-refractivity contribution is 4.79. The van der Waals surface area contributed by atoms with Crippen LogP contribution in [0, 0.1) is 0 Å².